The van der Waals surface area contributed by atoms with Crippen LogP contribution >= 0.6 is 0 Å². The topological polar surface area (TPSA) is 50.5 Å². The smallest absolute Gasteiger partial charge is 0.469 e. The van der Waals surface area contributed by atoms with Gasteiger partial charge in [-0.25, -0.2) is 8.42 Å². The summed E-state index contributed by atoms with van der Waals surface area (Å²) in [6, 6.07) is 1.48. The Kier molecular flexibility index (Phi) is 2.50. The van der Waals surface area contributed by atoms with Crippen molar-refractivity contribution in [3.8, 4) is 0 Å². The third-order valence-electron chi connectivity index (χ3n) is 2.41. The predicted octanol–water partition coefficient (Wildman–Crippen LogP) is 1.49. The first-order chi connectivity index (χ1) is 7.32. The highest BCUT2D eigenvalue weighted by atomic mass is 32.2. The maximum atomic E-state index is 12.3. The van der Waals surface area contributed by atoms with Crippen LogP contribution < -0.4 is 0 Å². The molecule has 0 saturated carbocycles. The molecule has 90 valence electrons. The Morgan fingerprint density at radius 2 is 2.06 bits per heavy atom. The van der Waals surface area contributed by atoms with Gasteiger partial charge in [0, 0.05) is 25.1 Å². The predicted molar refractivity (Wildman–Crippen MR) is 47.8 cm³/mol. The number of alkyl halides is 3. The number of nitrogens with zero attached hydrogens (tertiary/aromatic N) is 1. The maximum Gasteiger partial charge on any atom is 0.511 e. The molecular formula is C8H8F3NO3S. The average Bonchev–Trinajstić information content (AvgIpc) is 2.61. The molecule has 1 aliphatic heterocycles. The van der Waals surface area contributed by atoms with Gasteiger partial charge in [0.15, 0.2) is 0 Å². The van der Waals surface area contributed by atoms with Gasteiger partial charge in [0.05, 0.1) is 6.26 Å². The Hall–Kier alpha value is -1.02. The molecule has 0 fully saturated rings. The molecule has 0 aromatic carbocycles. The lowest BCUT2D eigenvalue weighted by molar-refractivity contribution is -0.0493. The number of rotatable bonds is 1. The molecule has 16 heavy (non-hydrogen) atoms. The van der Waals surface area contributed by atoms with Crippen molar-refractivity contribution in [2.45, 2.75) is 18.5 Å². The minimum Gasteiger partial charge on any atom is -0.469 e. The third-order valence-corrected chi connectivity index (χ3v) is 3.98. The summed E-state index contributed by atoms with van der Waals surface area (Å²) in [4.78, 5) is 0. The highest BCUT2D eigenvalue weighted by Crippen LogP contribution is 2.31. The van der Waals surface area contributed by atoms with Gasteiger partial charge in [0.2, 0.25) is 0 Å². The molecular weight excluding hydrogens is 247 g/mol. The molecule has 0 unspecified atom stereocenters. The van der Waals surface area contributed by atoms with Gasteiger partial charge in [-0.05, 0) is 6.07 Å². The Morgan fingerprint density at radius 1 is 1.38 bits per heavy atom. The molecule has 0 aliphatic carbocycles. The Balaban J connectivity index is 2.28. The lowest BCUT2D eigenvalue weighted by Crippen LogP contribution is -2.43. The number of halogens is 3. The van der Waals surface area contributed by atoms with E-state index in [1.165, 1.54) is 12.3 Å². The van der Waals surface area contributed by atoms with E-state index in [1.807, 2.05) is 0 Å². The van der Waals surface area contributed by atoms with Crippen LogP contribution in [0.3, 0.4) is 0 Å². The van der Waals surface area contributed by atoms with Crippen molar-refractivity contribution in [3.05, 3.63) is 23.7 Å². The number of hydrogen-bond donors (Lipinski definition) is 0. The summed E-state index contributed by atoms with van der Waals surface area (Å²) in [6.45, 7) is -0.490. The highest BCUT2D eigenvalue weighted by Gasteiger charge is 2.50. The Labute approximate surface area is 89.7 Å². The first-order valence-corrected chi connectivity index (χ1v) is 5.88. The number of sulfonamides is 1. The van der Waals surface area contributed by atoms with E-state index >= 15 is 0 Å². The van der Waals surface area contributed by atoms with E-state index in [0.29, 0.717) is 15.6 Å². The van der Waals surface area contributed by atoms with E-state index < -0.39 is 15.5 Å². The SMILES string of the molecule is O=S(=O)(N1CCc2occc2C1)C(F)(F)F. The van der Waals surface area contributed by atoms with E-state index in [4.69, 9.17) is 4.42 Å². The molecule has 2 rings (SSSR count). The van der Waals surface area contributed by atoms with Crippen LogP contribution in [0, 0.1) is 0 Å². The summed E-state index contributed by atoms with van der Waals surface area (Å²) in [6.07, 6.45) is 1.51. The second-order valence-corrected chi connectivity index (χ2v) is 5.33. The molecule has 1 aromatic heterocycles. The average molecular weight is 255 g/mol. The van der Waals surface area contributed by atoms with Gasteiger partial charge < -0.3 is 4.42 Å². The maximum absolute atomic E-state index is 12.3. The van der Waals surface area contributed by atoms with E-state index in [2.05, 4.69) is 0 Å². The Morgan fingerprint density at radius 3 is 2.69 bits per heavy atom. The van der Waals surface area contributed by atoms with Crippen molar-refractivity contribution in [1.82, 2.24) is 4.31 Å². The second kappa shape index (κ2) is 3.49. The van der Waals surface area contributed by atoms with Crippen LogP contribution in [0.4, 0.5) is 13.2 Å². The van der Waals surface area contributed by atoms with Crippen molar-refractivity contribution in [2.24, 2.45) is 0 Å². The van der Waals surface area contributed by atoms with Gasteiger partial charge in [-0.15, -0.1) is 0 Å². The van der Waals surface area contributed by atoms with Gasteiger partial charge in [0.25, 0.3) is 0 Å². The van der Waals surface area contributed by atoms with Crippen LogP contribution in [-0.4, -0.2) is 24.8 Å². The zero-order valence-corrected chi connectivity index (χ0v) is 8.81. The van der Waals surface area contributed by atoms with Gasteiger partial charge in [-0.3, -0.25) is 0 Å². The van der Waals surface area contributed by atoms with Gasteiger partial charge in [-0.1, -0.05) is 0 Å². The van der Waals surface area contributed by atoms with E-state index in [0.717, 1.165) is 0 Å². The van der Waals surface area contributed by atoms with Crippen LogP contribution in [0.1, 0.15) is 11.3 Å². The largest absolute Gasteiger partial charge is 0.511 e. The molecule has 8 heteroatoms. The molecule has 0 spiro atoms. The molecule has 1 aliphatic rings. The second-order valence-electron chi connectivity index (χ2n) is 3.40. The number of hydrogen-bond acceptors (Lipinski definition) is 3. The molecule has 0 saturated heterocycles. The quantitative estimate of drug-likeness (QED) is 0.763. The third kappa shape index (κ3) is 1.71. The van der Waals surface area contributed by atoms with Crippen molar-refractivity contribution >= 4 is 10.0 Å². The standard InChI is InChI=1S/C8H8F3NO3S/c9-8(10,11)16(13,14)12-3-1-7-6(5-12)2-4-15-7/h2,4H,1,3,5H2. The fraction of sp³-hybridized carbons (Fsp3) is 0.500. The molecule has 0 amide bonds. The first kappa shape index (κ1) is 11.5. The molecule has 0 bridgehead atoms. The van der Waals surface area contributed by atoms with Crippen molar-refractivity contribution in [2.75, 3.05) is 6.54 Å². The summed E-state index contributed by atoms with van der Waals surface area (Å²) < 4.78 is 64.4. The summed E-state index contributed by atoms with van der Waals surface area (Å²) in [5.74, 6) is 0.550. The normalized spacial score (nSPS) is 18.4. The lowest BCUT2D eigenvalue weighted by Gasteiger charge is -2.26. The fourth-order valence-corrected chi connectivity index (χ4v) is 2.51. The van der Waals surface area contributed by atoms with Crippen LogP contribution in [-0.2, 0) is 23.0 Å². The molecule has 0 N–H and O–H groups in total. The summed E-state index contributed by atoms with van der Waals surface area (Å²) in [5, 5.41) is 0. The number of fused-ring (bicyclic) bond motifs is 1. The molecule has 4 nitrogen and oxygen atoms in total. The first-order valence-electron chi connectivity index (χ1n) is 4.44. The van der Waals surface area contributed by atoms with Gasteiger partial charge in [0.1, 0.15) is 5.76 Å². The van der Waals surface area contributed by atoms with Crippen LogP contribution in [0.25, 0.3) is 0 Å². The lowest BCUT2D eigenvalue weighted by atomic mass is 10.1. The van der Waals surface area contributed by atoms with Crippen molar-refractivity contribution in [1.29, 1.82) is 0 Å². The minimum atomic E-state index is -5.24. The van der Waals surface area contributed by atoms with Gasteiger partial charge in [-0.2, -0.15) is 17.5 Å². The van der Waals surface area contributed by atoms with Crippen molar-refractivity contribution < 1.29 is 26.0 Å². The molecule has 1 aromatic rings. The Bertz CT molecular complexity index is 491. The highest BCUT2D eigenvalue weighted by molar-refractivity contribution is 7.89. The van der Waals surface area contributed by atoms with Crippen LogP contribution in [0.15, 0.2) is 16.7 Å². The molecule has 2 heterocycles. The summed E-state index contributed by atoms with van der Waals surface area (Å²) >= 11 is 0. The zero-order chi connectivity index (χ0) is 12.0. The van der Waals surface area contributed by atoms with Gasteiger partial charge >= 0.3 is 15.5 Å². The number of furan rings is 1. The minimum absolute atomic E-state index is 0.164. The van der Waals surface area contributed by atoms with E-state index in [9.17, 15) is 21.6 Å². The van der Waals surface area contributed by atoms with E-state index in [1.54, 1.807) is 0 Å². The van der Waals surface area contributed by atoms with Crippen LogP contribution in [0.2, 0.25) is 0 Å². The monoisotopic (exact) mass is 255 g/mol. The van der Waals surface area contributed by atoms with Crippen LogP contribution in [0.5, 0.6) is 0 Å². The summed E-state index contributed by atoms with van der Waals surface area (Å²) in [7, 11) is -5.23. The fourth-order valence-electron chi connectivity index (χ4n) is 1.57. The summed E-state index contributed by atoms with van der Waals surface area (Å²) in [5.41, 5.74) is -4.76. The molecule has 0 atom stereocenters. The zero-order valence-electron chi connectivity index (χ0n) is 7.99. The van der Waals surface area contributed by atoms with E-state index in [-0.39, 0.29) is 19.5 Å². The van der Waals surface area contributed by atoms with Crippen molar-refractivity contribution in [3.63, 3.8) is 0 Å². The molecule has 0 radical (unpaired) electrons.